The summed E-state index contributed by atoms with van der Waals surface area (Å²) in [6.07, 6.45) is 2.66. The molecule has 0 amide bonds. The number of halogens is 1. The average Bonchev–Trinajstić information content (AvgIpc) is 3.08. The van der Waals surface area contributed by atoms with Gasteiger partial charge < -0.3 is 9.84 Å². The second-order valence-corrected chi connectivity index (χ2v) is 5.36. The minimum Gasteiger partial charge on any atom is -0.491 e. The molecule has 0 unspecified atom stereocenters. The van der Waals surface area contributed by atoms with Crippen molar-refractivity contribution in [2.24, 2.45) is 5.41 Å². The number of nitrogens with zero attached hydrogens (tertiary/aromatic N) is 1. The Morgan fingerprint density at radius 3 is 2.82 bits per heavy atom. The lowest BCUT2D eigenvalue weighted by Crippen LogP contribution is -2.13. The summed E-state index contributed by atoms with van der Waals surface area (Å²) in [5.74, 6) is 0.694. The maximum absolute atomic E-state index is 9.24. The first-order valence-electron chi connectivity index (χ1n) is 5.59. The Morgan fingerprint density at radius 1 is 1.47 bits per heavy atom. The van der Waals surface area contributed by atoms with Crippen molar-refractivity contribution in [1.29, 1.82) is 5.26 Å². The van der Waals surface area contributed by atoms with Gasteiger partial charge in [0.05, 0.1) is 23.8 Å². The van der Waals surface area contributed by atoms with E-state index >= 15 is 0 Å². The monoisotopic (exact) mass is 295 g/mol. The van der Waals surface area contributed by atoms with E-state index in [1.807, 2.05) is 18.2 Å². The van der Waals surface area contributed by atoms with Crippen LogP contribution in [0.2, 0.25) is 0 Å². The van der Waals surface area contributed by atoms with Gasteiger partial charge in [0.2, 0.25) is 0 Å². The van der Waals surface area contributed by atoms with Crippen molar-refractivity contribution in [2.45, 2.75) is 25.9 Å². The number of aliphatic hydroxyl groups excluding tert-OH is 1. The van der Waals surface area contributed by atoms with Gasteiger partial charge in [-0.15, -0.1) is 0 Å². The number of benzene rings is 1. The molecular weight excluding hydrogens is 282 g/mol. The quantitative estimate of drug-likeness (QED) is 0.908. The third kappa shape index (κ3) is 2.80. The van der Waals surface area contributed by atoms with Crippen molar-refractivity contribution >= 4 is 15.9 Å². The molecule has 2 rings (SSSR count). The van der Waals surface area contributed by atoms with E-state index in [1.165, 1.54) is 0 Å². The number of hydrogen-bond acceptors (Lipinski definition) is 3. The predicted octanol–water partition coefficient (Wildman–Crippen LogP) is 3.01. The molecule has 90 valence electrons. The van der Waals surface area contributed by atoms with Crippen LogP contribution < -0.4 is 4.74 Å². The summed E-state index contributed by atoms with van der Waals surface area (Å²) in [6.45, 7) is 0.510. The second-order valence-electron chi connectivity index (χ2n) is 4.51. The van der Waals surface area contributed by atoms with E-state index in [2.05, 4.69) is 22.0 Å². The van der Waals surface area contributed by atoms with Gasteiger partial charge in [-0.05, 0) is 34.8 Å². The Balaban J connectivity index is 2.07. The van der Waals surface area contributed by atoms with Gasteiger partial charge in [0, 0.05) is 17.4 Å². The van der Waals surface area contributed by atoms with E-state index in [-0.39, 0.29) is 12.0 Å². The number of ether oxygens (including phenoxy) is 1. The van der Waals surface area contributed by atoms with Gasteiger partial charge in [-0.2, -0.15) is 5.26 Å². The third-order valence-electron chi connectivity index (χ3n) is 3.15. The van der Waals surface area contributed by atoms with E-state index < -0.39 is 0 Å². The molecule has 0 radical (unpaired) electrons. The summed E-state index contributed by atoms with van der Waals surface area (Å²) in [7, 11) is 0. The van der Waals surface area contributed by atoms with Gasteiger partial charge >= 0.3 is 0 Å². The van der Waals surface area contributed by atoms with Crippen LogP contribution in [-0.2, 0) is 6.61 Å². The van der Waals surface area contributed by atoms with Gasteiger partial charge in [0.1, 0.15) is 5.75 Å². The van der Waals surface area contributed by atoms with Crippen LogP contribution >= 0.6 is 15.9 Å². The van der Waals surface area contributed by atoms with Gasteiger partial charge in [-0.3, -0.25) is 0 Å². The number of aliphatic hydroxyl groups is 1. The molecule has 17 heavy (non-hydrogen) atoms. The molecule has 1 fully saturated rings. The molecule has 1 N–H and O–H groups in total. The van der Waals surface area contributed by atoms with Crippen LogP contribution in [-0.4, -0.2) is 11.7 Å². The summed E-state index contributed by atoms with van der Waals surface area (Å²) in [6, 6.07) is 7.80. The minimum atomic E-state index is -0.0416. The van der Waals surface area contributed by atoms with E-state index in [0.717, 1.165) is 22.9 Å². The lowest BCUT2D eigenvalue weighted by Gasteiger charge is -2.16. The molecule has 3 nitrogen and oxygen atoms in total. The van der Waals surface area contributed by atoms with Crippen LogP contribution in [0.3, 0.4) is 0 Å². The van der Waals surface area contributed by atoms with Crippen LogP contribution in [0.25, 0.3) is 0 Å². The predicted molar refractivity (Wildman–Crippen MR) is 67.5 cm³/mol. The summed E-state index contributed by atoms with van der Waals surface area (Å²) in [5, 5.41) is 18.0. The lowest BCUT2D eigenvalue weighted by atomic mass is 10.1. The van der Waals surface area contributed by atoms with Gasteiger partial charge in [-0.1, -0.05) is 12.1 Å². The normalized spacial score (nSPS) is 16.3. The fourth-order valence-corrected chi connectivity index (χ4v) is 2.30. The highest BCUT2D eigenvalue weighted by atomic mass is 79.9. The molecule has 1 aromatic rings. The number of rotatable bonds is 5. The first kappa shape index (κ1) is 12.4. The maximum atomic E-state index is 9.24. The molecule has 0 bridgehead atoms. The summed E-state index contributed by atoms with van der Waals surface area (Å²) in [4.78, 5) is 0. The van der Waals surface area contributed by atoms with Gasteiger partial charge in [-0.25, -0.2) is 0 Å². The van der Waals surface area contributed by atoms with Gasteiger partial charge in [0.25, 0.3) is 0 Å². The van der Waals surface area contributed by atoms with Crippen LogP contribution in [0.15, 0.2) is 22.7 Å². The summed E-state index contributed by atoms with van der Waals surface area (Å²) >= 11 is 3.41. The van der Waals surface area contributed by atoms with E-state index in [0.29, 0.717) is 18.8 Å². The zero-order valence-electron chi connectivity index (χ0n) is 9.45. The second kappa shape index (κ2) is 5.07. The smallest absolute Gasteiger partial charge is 0.138 e. The summed E-state index contributed by atoms with van der Waals surface area (Å²) in [5.41, 5.74) is 0.823. The minimum absolute atomic E-state index is 0.0416. The number of hydrogen-bond donors (Lipinski definition) is 1. The lowest BCUT2D eigenvalue weighted by molar-refractivity contribution is 0.222. The zero-order valence-corrected chi connectivity index (χ0v) is 11.0. The Morgan fingerprint density at radius 2 is 2.24 bits per heavy atom. The molecule has 0 saturated heterocycles. The Bertz CT molecular complexity index is 449. The average molecular weight is 296 g/mol. The first-order valence-corrected chi connectivity index (χ1v) is 6.38. The van der Waals surface area contributed by atoms with E-state index in [1.54, 1.807) is 0 Å². The molecule has 1 aromatic carbocycles. The van der Waals surface area contributed by atoms with Crippen molar-refractivity contribution < 1.29 is 9.84 Å². The molecule has 0 spiro atoms. The maximum Gasteiger partial charge on any atom is 0.138 e. The fourth-order valence-electron chi connectivity index (χ4n) is 1.78. The van der Waals surface area contributed by atoms with E-state index in [4.69, 9.17) is 10.00 Å². The number of nitriles is 1. The highest BCUT2D eigenvalue weighted by Gasteiger charge is 2.43. The van der Waals surface area contributed by atoms with Crippen LogP contribution in [0.5, 0.6) is 5.75 Å². The van der Waals surface area contributed by atoms with E-state index in [9.17, 15) is 5.11 Å². The Kier molecular flexibility index (Phi) is 3.70. The standard InChI is InChI=1S/C13H14BrNO2/c14-11-3-1-2-10(8-16)12(11)17-9-13(4-5-13)6-7-15/h1-3,16H,4-6,8-9H2. The van der Waals surface area contributed by atoms with Crippen molar-refractivity contribution in [3.63, 3.8) is 0 Å². The number of para-hydroxylation sites is 1. The molecule has 4 heteroatoms. The van der Waals surface area contributed by atoms with Crippen LogP contribution in [0, 0.1) is 16.7 Å². The fraction of sp³-hybridized carbons (Fsp3) is 0.462. The molecule has 1 saturated carbocycles. The zero-order chi connectivity index (χ0) is 12.3. The van der Waals surface area contributed by atoms with Crippen molar-refractivity contribution in [3.05, 3.63) is 28.2 Å². The Hall–Kier alpha value is -1.05. The Labute approximate surface area is 109 Å². The molecular formula is C13H14BrNO2. The largest absolute Gasteiger partial charge is 0.491 e. The van der Waals surface area contributed by atoms with Crippen molar-refractivity contribution in [1.82, 2.24) is 0 Å². The molecule has 0 heterocycles. The highest BCUT2D eigenvalue weighted by molar-refractivity contribution is 9.10. The molecule has 1 aliphatic carbocycles. The third-order valence-corrected chi connectivity index (χ3v) is 3.78. The highest BCUT2D eigenvalue weighted by Crippen LogP contribution is 2.49. The SMILES string of the molecule is N#CCC1(COc2c(Br)cccc2CO)CC1. The summed E-state index contributed by atoms with van der Waals surface area (Å²) < 4.78 is 6.62. The van der Waals surface area contributed by atoms with Crippen molar-refractivity contribution in [2.75, 3.05) is 6.61 Å². The molecule has 0 aliphatic heterocycles. The molecule has 0 atom stereocenters. The van der Waals surface area contributed by atoms with Crippen LogP contribution in [0.4, 0.5) is 0 Å². The topological polar surface area (TPSA) is 53.2 Å². The van der Waals surface area contributed by atoms with Crippen molar-refractivity contribution in [3.8, 4) is 11.8 Å². The molecule has 1 aliphatic rings. The first-order chi connectivity index (χ1) is 8.21. The van der Waals surface area contributed by atoms with Crippen LogP contribution in [0.1, 0.15) is 24.8 Å². The van der Waals surface area contributed by atoms with Gasteiger partial charge in [0.15, 0.2) is 0 Å². The molecule has 0 aromatic heterocycles.